The van der Waals surface area contributed by atoms with Crippen LogP contribution < -0.4 is 15.4 Å². The molecule has 2 aromatic rings. The molecule has 0 fully saturated rings. The average molecular weight is 375 g/mol. The van der Waals surface area contributed by atoms with E-state index in [0.29, 0.717) is 17.1 Å². The maximum absolute atomic E-state index is 12.2. The van der Waals surface area contributed by atoms with Gasteiger partial charge in [0.15, 0.2) is 6.10 Å². The first-order valence-electron chi connectivity index (χ1n) is 7.15. The highest BCUT2D eigenvalue weighted by Gasteiger charge is 2.29. The zero-order chi connectivity index (χ0) is 16.4. The SMILES string of the molecule is Cc1cc(NC(=O)CC2Oc3ccccc3NC2=O)ccc1Br. The van der Waals surface area contributed by atoms with Crippen molar-refractivity contribution in [2.24, 2.45) is 0 Å². The van der Waals surface area contributed by atoms with E-state index in [-0.39, 0.29) is 18.2 Å². The number of fused-ring (bicyclic) bond motifs is 1. The number of hydrogen-bond acceptors (Lipinski definition) is 3. The summed E-state index contributed by atoms with van der Waals surface area (Å²) in [6.07, 6.45) is -0.878. The van der Waals surface area contributed by atoms with Gasteiger partial charge < -0.3 is 15.4 Å². The molecule has 1 unspecified atom stereocenters. The lowest BCUT2D eigenvalue weighted by molar-refractivity contribution is -0.128. The van der Waals surface area contributed by atoms with Gasteiger partial charge >= 0.3 is 0 Å². The van der Waals surface area contributed by atoms with E-state index in [2.05, 4.69) is 26.6 Å². The van der Waals surface area contributed by atoms with E-state index in [1.54, 1.807) is 18.2 Å². The number of halogens is 1. The van der Waals surface area contributed by atoms with Crippen LogP contribution in [0.15, 0.2) is 46.9 Å². The predicted molar refractivity (Wildman–Crippen MR) is 91.6 cm³/mol. The molecule has 2 N–H and O–H groups in total. The van der Waals surface area contributed by atoms with Gasteiger partial charge in [0.05, 0.1) is 12.1 Å². The zero-order valence-corrected chi connectivity index (χ0v) is 14.0. The Bertz CT molecular complexity index is 776. The number of para-hydroxylation sites is 2. The minimum Gasteiger partial charge on any atom is -0.478 e. The standard InChI is InChI=1S/C17H15BrN2O3/c1-10-8-11(6-7-12(10)18)19-16(21)9-15-17(22)20-13-4-2-3-5-14(13)23-15/h2-8,15H,9H2,1H3,(H,19,21)(H,20,22). The molecule has 0 bridgehead atoms. The van der Waals surface area contributed by atoms with E-state index in [9.17, 15) is 9.59 Å². The summed E-state index contributed by atoms with van der Waals surface area (Å²) in [5, 5.41) is 5.53. The van der Waals surface area contributed by atoms with Crippen LogP contribution >= 0.6 is 15.9 Å². The summed E-state index contributed by atoms with van der Waals surface area (Å²) < 4.78 is 6.59. The highest BCUT2D eigenvalue weighted by molar-refractivity contribution is 9.10. The molecule has 1 atom stereocenters. The fourth-order valence-electron chi connectivity index (χ4n) is 2.33. The van der Waals surface area contributed by atoms with Gasteiger partial charge in [-0.25, -0.2) is 0 Å². The van der Waals surface area contributed by atoms with Crippen molar-refractivity contribution in [1.29, 1.82) is 0 Å². The third-order valence-corrected chi connectivity index (χ3v) is 4.41. The Morgan fingerprint density at radius 1 is 1.30 bits per heavy atom. The summed E-state index contributed by atoms with van der Waals surface area (Å²) in [5.41, 5.74) is 2.33. The summed E-state index contributed by atoms with van der Waals surface area (Å²) in [6, 6.07) is 12.7. The van der Waals surface area contributed by atoms with Crippen LogP contribution in [0.25, 0.3) is 0 Å². The minimum atomic E-state index is -0.832. The molecule has 1 heterocycles. The number of aryl methyl sites for hydroxylation is 1. The molecule has 2 amide bonds. The number of carbonyl (C=O) groups is 2. The van der Waals surface area contributed by atoms with Gasteiger partial charge in [-0.05, 0) is 42.8 Å². The quantitative estimate of drug-likeness (QED) is 0.863. The molecule has 0 saturated heterocycles. The molecule has 3 rings (SSSR count). The predicted octanol–water partition coefficient (Wildman–Crippen LogP) is 3.49. The number of rotatable bonds is 3. The molecule has 0 spiro atoms. The van der Waals surface area contributed by atoms with E-state index in [0.717, 1.165) is 10.0 Å². The molecule has 2 aromatic carbocycles. The van der Waals surface area contributed by atoms with Crippen molar-refractivity contribution in [1.82, 2.24) is 0 Å². The van der Waals surface area contributed by atoms with E-state index < -0.39 is 6.10 Å². The molecule has 6 heteroatoms. The molecule has 5 nitrogen and oxygen atoms in total. The van der Waals surface area contributed by atoms with Crippen LogP contribution in [0.4, 0.5) is 11.4 Å². The minimum absolute atomic E-state index is 0.0464. The molecule has 1 aliphatic heterocycles. The van der Waals surface area contributed by atoms with Gasteiger partial charge in [0.25, 0.3) is 5.91 Å². The Morgan fingerprint density at radius 2 is 2.09 bits per heavy atom. The fourth-order valence-corrected chi connectivity index (χ4v) is 2.58. The number of hydrogen-bond donors (Lipinski definition) is 2. The molecule has 118 valence electrons. The lowest BCUT2D eigenvalue weighted by atomic mass is 10.1. The maximum atomic E-state index is 12.2. The lowest BCUT2D eigenvalue weighted by Gasteiger charge is -2.25. The molecular weight excluding hydrogens is 360 g/mol. The number of ether oxygens (including phenoxy) is 1. The zero-order valence-electron chi connectivity index (χ0n) is 12.4. The van der Waals surface area contributed by atoms with Crippen molar-refractivity contribution < 1.29 is 14.3 Å². The number of carbonyl (C=O) groups excluding carboxylic acids is 2. The third kappa shape index (κ3) is 3.53. The van der Waals surface area contributed by atoms with E-state index in [1.165, 1.54) is 0 Å². The lowest BCUT2D eigenvalue weighted by Crippen LogP contribution is -2.39. The Labute approximate surface area is 142 Å². The number of benzene rings is 2. The van der Waals surface area contributed by atoms with Crippen LogP contribution in [0, 0.1) is 6.92 Å². The third-order valence-electron chi connectivity index (χ3n) is 3.52. The molecule has 0 radical (unpaired) electrons. The first-order valence-corrected chi connectivity index (χ1v) is 7.95. The molecule has 0 saturated carbocycles. The van der Waals surface area contributed by atoms with Crippen LogP contribution in [0.1, 0.15) is 12.0 Å². The fraction of sp³-hybridized carbons (Fsp3) is 0.176. The highest BCUT2D eigenvalue weighted by Crippen LogP contribution is 2.29. The number of amides is 2. The van der Waals surface area contributed by atoms with Crippen LogP contribution in [-0.2, 0) is 9.59 Å². The summed E-state index contributed by atoms with van der Waals surface area (Å²) in [5.74, 6) is -0.0125. The van der Waals surface area contributed by atoms with Crippen LogP contribution in [-0.4, -0.2) is 17.9 Å². The monoisotopic (exact) mass is 374 g/mol. The molecule has 0 aromatic heterocycles. The Hall–Kier alpha value is -2.34. The molecule has 1 aliphatic rings. The van der Waals surface area contributed by atoms with E-state index >= 15 is 0 Å². The van der Waals surface area contributed by atoms with E-state index in [1.807, 2.05) is 31.2 Å². The van der Waals surface area contributed by atoms with Gasteiger partial charge in [-0.3, -0.25) is 9.59 Å². The summed E-state index contributed by atoms with van der Waals surface area (Å²) in [6.45, 7) is 1.94. The van der Waals surface area contributed by atoms with Crippen LogP contribution in [0.3, 0.4) is 0 Å². The van der Waals surface area contributed by atoms with Gasteiger partial charge in [0.2, 0.25) is 5.91 Å². The topological polar surface area (TPSA) is 67.4 Å². The van der Waals surface area contributed by atoms with Crippen molar-refractivity contribution >= 4 is 39.1 Å². The Kier molecular flexibility index (Phi) is 4.34. The highest BCUT2D eigenvalue weighted by atomic mass is 79.9. The van der Waals surface area contributed by atoms with Gasteiger partial charge in [0.1, 0.15) is 5.75 Å². The van der Waals surface area contributed by atoms with Gasteiger partial charge in [0, 0.05) is 10.2 Å². The first kappa shape index (κ1) is 15.6. The number of nitrogens with one attached hydrogen (secondary N) is 2. The average Bonchev–Trinajstić information content (AvgIpc) is 2.51. The van der Waals surface area contributed by atoms with Gasteiger partial charge in [-0.15, -0.1) is 0 Å². The van der Waals surface area contributed by atoms with Crippen LogP contribution in [0.2, 0.25) is 0 Å². The number of anilines is 2. The first-order chi connectivity index (χ1) is 11.0. The van der Waals surface area contributed by atoms with Gasteiger partial charge in [-0.2, -0.15) is 0 Å². The second kappa shape index (κ2) is 6.42. The van der Waals surface area contributed by atoms with Crippen molar-refractivity contribution in [2.45, 2.75) is 19.4 Å². The Morgan fingerprint density at radius 3 is 2.87 bits per heavy atom. The van der Waals surface area contributed by atoms with Crippen molar-refractivity contribution in [2.75, 3.05) is 10.6 Å². The van der Waals surface area contributed by atoms with Crippen molar-refractivity contribution in [3.05, 3.63) is 52.5 Å². The van der Waals surface area contributed by atoms with Gasteiger partial charge in [-0.1, -0.05) is 28.1 Å². The van der Waals surface area contributed by atoms with Crippen LogP contribution in [0.5, 0.6) is 5.75 Å². The molecular formula is C17H15BrN2O3. The Balaban J connectivity index is 1.66. The largest absolute Gasteiger partial charge is 0.478 e. The summed E-state index contributed by atoms with van der Waals surface area (Å²) in [7, 11) is 0. The van der Waals surface area contributed by atoms with E-state index in [4.69, 9.17) is 4.74 Å². The second-order valence-electron chi connectivity index (χ2n) is 5.31. The second-order valence-corrected chi connectivity index (χ2v) is 6.16. The summed E-state index contributed by atoms with van der Waals surface area (Å²) in [4.78, 5) is 24.2. The maximum Gasteiger partial charge on any atom is 0.266 e. The van der Waals surface area contributed by atoms with Crippen molar-refractivity contribution in [3.8, 4) is 5.75 Å². The molecule has 0 aliphatic carbocycles. The molecule has 23 heavy (non-hydrogen) atoms. The smallest absolute Gasteiger partial charge is 0.266 e. The normalized spacial score (nSPS) is 16.1. The van der Waals surface area contributed by atoms with Crippen molar-refractivity contribution in [3.63, 3.8) is 0 Å². The summed E-state index contributed by atoms with van der Waals surface area (Å²) >= 11 is 3.41.